The lowest BCUT2D eigenvalue weighted by molar-refractivity contribution is 0.122. The van der Waals surface area contributed by atoms with E-state index in [0.717, 1.165) is 32.7 Å². The first kappa shape index (κ1) is 18.5. The molecule has 1 aromatic carbocycles. The van der Waals surface area contributed by atoms with Gasteiger partial charge in [-0.25, -0.2) is 0 Å². The average molecular weight is 336 g/mol. The van der Waals surface area contributed by atoms with Gasteiger partial charge in [-0.05, 0) is 49.2 Å². The van der Waals surface area contributed by atoms with Crippen molar-refractivity contribution in [1.29, 1.82) is 0 Å². The van der Waals surface area contributed by atoms with Crippen LogP contribution < -0.4 is 4.90 Å². The lowest BCUT2D eigenvalue weighted by Crippen LogP contribution is -2.43. The van der Waals surface area contributed by atoms with Gasteiger partial charge in [0.05, 0.1) is 13.2 Å². The molecular weight excluding hydrogens is 302 g/mol. The average Bonchev–Trinajstić information content (AvgIpc) is 2.47. The first-order valence-electron chi connectivity index (χ1n) is 8.78. The second-order valence-corrected chi connectivity index (χ2v) is 12.9. The normalized spacial score (nSPS) is 18.1. The van der Waals surface area contributed by atoms with E-state index < -0.39 is 8.32 Å². The number of rotatable bonds is 5. The minimum Gasteiger partial charge on any atom is -0.414 e. The summed E-state index contributed by atoms with van der Waals surface area (Å²) in [6.07, 6.45) is 1.25. The third kappa shape index (κ3) is 5.06. The van der Waals surface area contributed by atoms with Crippen LogP contribution >= 0.6 is 0 Å². The fraction of sp³-hybridized carbons (Fsp3) is 0.684. The van der Waals surface area contributed by atoms with E-state index in [-0.39, 0.29) is 11.1 Å². The Labute approximate surface area is 143 Å². The van der Waals surface area contributed by atoms with Gasteiger partial charge in [-0.15, -0.1) is 0 Å². The smallest absolute Gasteiger partial charge is 0.192 e. The maximum Gasteiger partial charge on any atom is 0.192 e. The third-order valence-electron chi connectivity index (χ3n) is 5.14. The monoisotopic (exact) mass is 335 g/mol. The van der Waals surface area contributed by atoms with Crippen LogP contribution in [0.1, 0.15) is 33.3 Å². The molecule has 1 aromatic rings. The summed E-state index contributed by atoms with van der Waals surface area (Å²) in [5, 5.41) is 0.265. The molecule has 1 heterocycles. The Morgan fingerprint density at radius 1 is 1.13 bits per heavy atom. The molecule has 0 unspecified atom stereocenters. The largest absolute Gasteiger partial charge is 0.414 e. The summed E-state index contributed by atoms with van der Waals surface area (Å²) in [5.74, 6) is 0. The molecule has 1 saturated heterocycles. The van der Waals surface area contributed by atoms with E-state index in [2.05, 4.69) is 70.0 Å². The summed E-state index contributed by atoms with van der Waals surface area (Å²) in [6.45, 7) is 17.4. The molecule has 1 atom stereocenters. The lowest BCUT2D eigenvalue weighted by atomic mass is 10.1. The summed E-state index contributed by atoms with van der Waals surface area (Å²) >= 11 is 0. The van der Waals surface area contributed by atoms with Crippen LogP contribution in [-0.2, 0) is 15.6 Å². The Hall–Kier alpha value is -0.843. The van der Waals surface area contributed by atoms with E-state index in [0.29, 0.717) is 0 Å². The Bertz CT molecular complexity index is 487. The van der Waals surface area contributed by atoms with Gasteiger partial charge in [0.2, 0.25) is 0 Å². The molecule has 1 aliphatic rings. The Kier molecular flexibility index (Phi) is 5.92. The highest BCUT2D eigenvalue weighted by atomic mass is 28.4. The number of benzene rings is 1. The predicted octanol–water partition coefficient (Wildman–Crippen LogP) is 4.48. The number of nitrogens with zero attached hydrogens (tertiary/aromatic N) is 1. The van der Waals surface area contributed by atoms with Crippen LogP contribution in [0.25, 0.3) is 0 Å². The number of anilines is 1. The van der Waals surface area contributed by atoms with Gasteiger partial charge in [-0.3, -0.25) is 0 Å². The van der Waals surface area contributed by atoms with Gasteiger partial charge in [0.15, 0.2) is 8.32 Å². The molecule has 2 rings (SSSR count). The third-order valence-corrected chi connectivity index (χ3v) is 9.74. The summed E-state index contributed by atoms with van der Waals surface area (Å²) in [4.78, 5) is 2.39. The van der Waals surface area contributed by atoms with Gasteiger partial charge in [0, 0.05) is 24.9 Å². The Balaban J connectivity index is 1.92. The molecule has 0 N–H and O–H groups in total. The molecule has 130 valence electrons. The van der Waals surface area contributed by atoms with Crippen molar-refractivity contribution in [2.24, 2.45) is 0 Å². The molecule has 1 fully saturated rings. The van der Waals surface area contributed by atoms with Crippen molar-refractivity contribution < 1.29 is 9.16 Å². The van der Waals surface area contributed by atoms with Crippen molar-refractivity contribution in [3.8, 4) is 0 Å². The van der Waals surface area contributed by atoms with Crippen molar-refractivity contribution in [3.05, 3.63) is 29.8 Å². The number of morpholine rings is 1. The Morgan fingerprint density at radius 3 is 2.22 bits per heavy atom. The molecule has 3 nitrogen and oxygen atoms in total. The topological polar surface area (TPSA) is 21.7 Å². The number of hydrogen-bond acceptors (Lipinski definition) is 3. The van der Waals surface area contributed by atoms with Crippen LogP contribution in [0.4, 0.5) is 5.69 Å². The zero-order chi connectivity index (χ0) is 17.1. The first-order valence-corrected chi connectivity index (χ1v) is 11.7. The van der Waals surface area contributed by atoms with Gasteiger partial charge >= 0.3 is 0 Å². The van der Waals surface area contributed by atoms with E-state index in [1.54, 1.807) is 0 Å². The minimum absolute atomic E-state index is 0.265. The van der Waals surface area contributed by atoms with E-state index in [4.69, 9.17) is 9.16 Å². The summed E-state index contributed by atoms with van der Waals surface area (Å²) in [5.41, 5.74) is 2.66. The molecule has 0 radical (unpaired) electrons. The van der Waals surface area contributed by atoms with Gasteiger partial charge in [0.1, 0.15) is 0 Å². The Morgan fingerprint density at radius 2 is 1.70 bits per heavy atom. The molecule has 0 spiro atoms. The van der Waals surface area contributed by atoms with E-state index >= 15 is 0 Å². The summed E-state index contributed by atoms with van der Waals surface area (Å²) < 4.78 is 11.9. The first-order chi connectivity index (χ1) is 10.7. The molecule has 1 aliphatic heterocycles. The molecule has 0 amide bonds. The molecule has 23 heavy (non-hydrogen) atoms. The molecule has 4 heteroatoms. The predicted molar refractivity (Wildman–Crippen MR) is 101 cm³/mol. The van der Waals surface area contributed by atoms with Gasteiger partial charge in [0.25, 0.3) is 0 Å². The molecule has 0 bridgehead atoms. The SMILES string of the molecule is C[C@H](Cc1ccc(N2CCOCC2)cc1)O[Si](C)(C)C(C)(C)C. The highest BCUT2D eigenvalue weighted by Gasteiger charge is 2.38. The zero-order valence-corrected chi connectivity index (χ0v) is 16.7. The molecule has 0 saturated carbocycles. The highest BCUT2D eigenvalue weighted by Crippen LogP contribution is 2.37. The second-order valence-electron chi connectivity index (χ2n) is 8.16. The number of hydrogen-bond donors (Lipinski definition) is 0. The maximum atomic E-state index is 6.46. The van der Waals surface area contributed by atoms with Crippen molar-refractivity contribution in [2.45, 2.75) is 58.4 Å². The van der Waals surface area contributed by atoms with Crippen LogP contribution in [0.5, 0.6) is 0 Å². The van der Waals surface area contributed by atoms with Crippen LogP contribution in [-0.4, -0.2) is 40.7 Å². The zero-order valence-electron chi connectivity index (χ0n) is 15.7. The second kappa shape index (κ2) is 7.37. The quantitative estimate of drug-likeness (QED) is 0.741. The fourth-order valence-electron chi connectivity index (χ4n) is 2.72. The van der Waals surface area contributed by atoms with Crippen molar-refractivity contribution in [3.63, 3.8) is 0 Å². The van der Waals surface area contributed by atoms with Crippen LogP contribution in [0.15, 0.2) is 24.3 Å². The maximum absolute atomic E-state index is 6.46. The fourth-order valence-corrected chi connectivity index (χ4v) is 4.16. The van der Waals surface area contributed by atoms with Crippen molar-refractivity contribution in [2.75, 3.05) is 31.2 Å². The van der Waals surface area contributed by atoms with Crippen LogP contribution in [0.3, 0.4) is 0 Å². The van der Waals surface area contributed by atoms with Crippen molar-refractivity contribution >= 4 is 14.0 Å². The lowest BCUT2D eigenvalue weighted by Gasteiger charge is -2.38. The summed E-state index contributed by atoms with van der Waals surface area (Å²) in [6, 6.07) is 8.96. The standard InChI is InChI=1S/C19H33NO2Si/c1-16(22-23(5,6)19(2,3)4)15-17-7-9-18(10-8-17)20-11-13-21-14-12-20/h7-10,16H,11-15H2,1-6H3/t16-/m1/s1. The number of ether oxygens (including phenoxy) is 1. The minimum atomic E-state index is -1.68. The van der Waals surface area contributed by atoms with E-state index in [9.17, 15) is 0 Å². The highest BCUT2D eigenvalue weighted by molar-refractivity contribution is 6.74. The van der Waals surface area contributed by atoms with E-state index in [1.165, 1.54) is 11.3 Å². The molecular formula is C19H33NO2Si. The van der Waals surface area contributed by atoms with Gasteiger partial charge in [-0.2, -0.15) is 0 Å². The van der Waals surface area contributed by atoms with E-state index in [1.807, 2.05) is 0 Å². The van der Waals surface area contributed by atoms with Crippen LogP contribution in [0.2, 0.25) is 18.1 Å². The van der Waals surface area contributed by atoms with Crippen molar-refractivity contribution in [1.82, 2.24) is 0 Å². The molecule has 0 aliphatic carbocycles. The van der Waals surface area contributed by atoms with Gasteiger partial charge in [-0.1, -0.05) is 32.9 Å². The summed E-state index contributed by atoms with van der Waals surface area (Å²) in [7, 11) is -1.68. The molecule has 0 aromatic heterocycles. The van der Waals surface area contributed by atoms with Crippen LogP contribution in [0, 0.1) is 0 Å². The van der Waals surface area contributed by atoms with Gasteiger partial charge < -0.3 is 14.1 Å².